The molecule has 152 valence electrons. The van der Waals surface area contributed by atoms with Crippen LogP contribution in [0.15, 0.2) is 47.6 Å². The van der Waals surface area contributed by atoms with E-state index in [2.05, 4.69) is 38.5 Å². The molecule has 0 aliphatic carbocycles. The topological polar surface area (TPSA) is 61.8 Å². The highest BCUT2D eigenvalue weighted by Gasteiger charge is 2.17. The van der Waals surface area contributed by atoms with Crippen LogP contribution >= 0.6 is 24.0 Å². The Morgan fingerprint density at radius 1 is 1.25 bits per heavy atom. The molecule has 0 bridgehead atoms. The second-order valence-electron chi connectivity index (χ2n) is 6.52. The van der Waals surface area contributed by atoms with E-state index >= 15 is 0 Å². The Morgan fingerprint density at radius 2 is 2.04 bits per heavy atom. The first-order chi connectivity index (χ1) is 13.2. The number of benzene rings is 1. The molecule has 1 aliphatic rings. The highest BCUT2D eigenvalue weighted by Crippen LogP contribution is 2.15. The van der Waals surface area contributed by atoms with Crippen LogP contribution < -0.4 is 15.5 Å². The summed E-state index contributed by atoms with van der Waals surface area (Å²) in [5.74, 6) is 1.36. The lowest BCUT2D eigenvalue weighted by atomic mass is 10.2. The van der Waals surface area contributed by atoms with Crippen LogP contribution in [0.2, 0.25) is 0 Å². The number of ether oxygens (including phenoxy) is 1. The van der Waals surface area contributed by atoms with Crippen molar-refractivity contribution in [3.8, 4) is 0 Å². The van der Waals surface area contributed by atoms with Gasteiger partial charge in [0.1, 0.15) is 11.6 Å². The standard InChI is InChI=1S/C20H26FN5O.HI/c1-15-14-26(9-10-27-15)19-8-7-16(11-23-19)12-24-20(22-2)25-13-17-5-3-4-6-18(17)21;/h3-8,11,15H,9-10,12-14H2,1-2H3,(H2,22,24,25);1H. The first-order valence-corrected chi connectivity index (χ1v) is 9.15. The van der Waals surface area contributed by atoms with E-state index in [4.69, 9.17) is 4.74 Å². The van der Waals surface area contributed by atoms with Crippen LogP contribution in [-0.4, -0.2) is 43.8 Å². The number of aliphatic imine (C=N–C) groups is 1. The molecular weight excluding hydrogens is 472 g/mol. The second-order valence-corrected chi connectivity index (χ2v) is 6.52. The molecule has 2 heterocycles. The Labute approximate surface area is 182 Å². The van der Waals surface area contributed by atoms with Crippen molar-refractivity contribution in [2.24, 2.45) is 4.99 Å². The van der Waals surface area contributed by atoms with Crippen molar-refractivity contribution < 1.29 is 9.13 Å². The zero-order chi connectivity index (χ0) is 19.1. The molecule has 1 aliphatic heterocycles. The highest BCUT2D eigenvalue weighted by atomic mass is 127. The van der Waals surface area contributed by atoms with Gasteiger partial charge in [0.05, 0.1) is 12.7 Å². The molecule has 6 nitrogen and oxygen atoms in total. The summed E-state index contributed by atoms with van der Waals surface area (Å²) in [7, 11) is 1.69. The second kappa shape index (κ2) is 11.2. The number of rotatable bonds is 5. The highest BCUT2D eigenvalue weighted by molar-refractivity contribution is 14.0. The smallest absolute Gasteiger partial charge is 0.191 e. The van der Waals surface area contributed by atoms with Gasteiger partial charge in [0.15, 0.2) is 5.96 Å². The molecule has 1 atom stereocenters. The van der Waals surface area contributed by atoms with E-state index in [1.54, 1.807) is 19.2 Å². The van der Waals surface area contributed by atoms with Crippen molar-refractivity contribution in [3.63, 3.8) is 0 Å². The largest absolute Gasteiger partial charge is 0.375 e. The Morgan fingerprint density at radius 3 is 2.71 bits per heavy atom. The average molecular weight is 499 g/mol. The van der Waals surface area contributed by atoms with Crippen LogP contribution in [-0.2, 0) is 17.8 Å². The Kier molecular flexibility index (Phi) is 8.91. The van der Waals surface area contributed by atoms with Gasteiger partial charge in [0.2, 0.25) is 0 Å². The summed E-state index contributed by atoms with van der Waals surface area (Å²) in [5, 5.41) is 6.35. The minimum Gasteiger partial charge on any atom is -0.375 e. The van der Waals surface area contributed by atoms with Crippen LogP contribution in [0.4, 0.5) is 10.2 Å². The summed E-state index contributed by atoms with van der Waals surface area (Å²) in [6.45, 7) is 5.49. The van der Waals surface area contributed by atoms with Crippen LogP contribution in [0.25, 0.3) is 0 Å². The number of hydrogen-bond donors (Lipinski definition) is 2. The zero-order valence-corrected chi connectivity index (χ0v) is 18.5. The monoisotopic (exact) mass is 499 g/mol. The maximum Gasteiger partial charge on any atom is 0.191 e. The summed E-state index contributed by atoms with van der Waals surface area (Å²) in [5.41, 5.74) is 1.65. The van der Waals surface area contributed by atoms with E-state index in [1.807, 2.05) is 18.3 Å². The number of pyridine rings is 1. The fraction of sp³-hybridized carbons (Fsp3) is 0.400. The van der Waals surface area contributed by atoms with E-state index in [0.29, 0.717) is 24.6 Å². The fourth-order valence-electron chi connectivity index (χ4n) is 2.96. The van der Waals surface area contributed by atoms with E-state index in [1.165, 1.54) is 6.07 Å². The fourth-order valence-corrected chi connectivity index (χ4v) is 2.96. The van der Waals surface area contributed by atoms with E-state index in [-0.39, 0.29) is 35.9 Å². The number of nitrogens with one attached hydrogen (secondary N) is 2. The third-order valence-electron chi connectivity index (χ3n) is 4.46. The molecule has 0 saturated carbocycles. The van der Waals surface area contributed by atoms with Crippen molar-refractivity contribution in [1.82, 2.24) is 15.6 Å². The van der Waals surface area contributed by atoms with Gasteiger partial charge in [0.25, 0.3) is 0 Å². The lowest BCUT2D eigenvalue weighted by Crippen LogP contribution is -2.41. The SMILES string of the molecule is CN=C(NCc1ccc(N2CCOC(C)C2)nc1)NCc1ccccc1F.I. The van der Waals surface area contributed by atoms with Crippen LogP contribution in [0.5, 0.6) is 0 Å². The third kappa shape index (κ3) is 6.30. The minimum atomic E-state index is -0.224. The molecule has 28 heavy (non-hydrogen) atoms. The van der Waals surface area contributed by atoms with Gasteiger partial charge in [-0.25, -0.2) is 9.37 Å². The summed E-state index contributed by atoms with van der Waals surface area (Å²) >= 11 is 0. The molecule has 2 aromatic rings. The number of halogens is 2. The van der Waals surface area contributed by atoms with Crippen molar-refractivity contribution >= 4 is 35.8 Å². The van der Waals surface area contributed by atoms with Gasteiger partial charge >= 0.3 is 0 Å². The van der Waals surface area contributed by atoms with Crippen molar-refractivity contribution in [2.75, 3.05) is 31.6 Å². The summed E-state index contributed by atoms with van der Waals surface area (Å²) in [6.07, 6.45) is 2.10. The van der Waals surface area contributed by atoms with Crippen molar-refractivity contribution in [3.05, 3.63) is 59.5 Å². The number of guanidine groups is 1. The summed E-state index contributed by atoms with van der Waals surface area (Å²) in [4.78, 5) is 11.0. The van der Waals surface area contributed by atoms with Gasteiger partial charge in [0, 0.05) is 45.0 Å². The molecule has 3 rings (SSSR count). The first-order valence-electron chi connectivity index (χ1n) is 9.15. The molecule has 0 amide bonds. The number of morpholine rings is 1. The predicted molar refractivity (Wildman–Crippen MR) is 121 cm³/mol. The number of aromatic nitrogens is 1. The van der Waals surface area contributed by atoms with Crippen molar-refractivity contribution in [1.29, 1.82) is 0 Å². The number of anilines is 1. The Bertz CT molecular complexity index is 771. The van der Waals surface area contributed by atoms with Gasteiger partial charge in [-0.1, -0.05) is 24.3 Å². The minimum absolute atomic E-state index is 0. The normalized spacial score (nSPS) is 17.0. The van der Waals surface area contributed by atoms with Crippen LogP contribution in [0.1, 0.15) is 18.1 Å². The molecule has 1 fully saturated rings. The molecule has 1 aromatic carbocycles. The van der Waals surface area contributed by atoms with Gasteiger partial charge < -0.3 is 20.3 Å². The zero-order valence-electron chi connectivity index (χ0n) is 16.2. The molecule has 1 saturated heterocycles. The van der Waals surface area contributed by atoms with Gasteiger partial charge in [-0.05, 0) is 24.6 Å². The molecule has 2 N–H and O–H groups in total. The Hall–Kier alpha value is -1.94. The van der Waals surface area contributed by atoms with Crippen LogP contribution in [0.3, 0.4) is 0 Å². The molecule has 1 unspecified atom stereocenters. The van der Waals surface area contributed by atoms with E-state index in [0.717, 1.165) is 31.1 Å². The molecule has 8 heteroatoms. The molecule has 1 aromatic heterocycles. The van der Waals surface area contributed by atoms with E-state index in [9.17, 15) is 4.39 Å². The summed E-state index contributed by atoms with van der Waals surface area (Å²) < 4.78 is 19.3. The molecule has 0 radical (unpaired) electrons. The van der Waals surface area contributed by atoms with E-state index < -0.39 is 0 Å². The first kappa shape index (κ1) is 22.4. The lowest BCUT2D eigenvalue weighted by molar-refractivity contribution is 0.0529. The van der Waals surface area contributed by atoms with Crippen molar-refractivity contribution in [2.45, 2.75) is 26.1 Å². The number of hydrogen-bond acceptors (Lipinski definition) is 4. The molecule has 0 spiro atoms. The predicted octanol–water partition coefficient (Wildman–Crippen LogP) is 2.93. The summed E-state index contributed by atoms with van der Waals surface area (Å²) in [6, 6.07) is 10.8. The maximum absolute atomic E-state index is 13.7. The van der Waals surface area contributed by atoms with Gasteiger partial charge in [-0.15, -0.1) is 24.0 Å². The molecular formula is C20H27FIN5O. The maximum atomic E-state index is 13.7. The third-order valence-corrected chi connectivity index (χ3v) is 4.46. The quantitative estimate of drug-likeness (QED) is 0.377. The van der Waals surface area contributed by atoms with Crippen LogP contribution in [0, 0.1) is 5.82 Å². The average Bonchev–Trinajstić information content (AvgIpc) is 2.70. The van der Waals surface area contributed by atoms with Gasteiger partial charge in [-0.3, -0.25) is 4.99 Å². The van der Waals surface area contributed by atoms with Gasteiger partial charge in [-0.2, -0.15) is 0 Å². The Balaban J connectivity index is 0.00000280. The number of nitrogens with zero attached hydrogens (tertiary/aromatic N) is 3. The lowest BCUT2D eigenvalue weighted by Gasteiger charge is -2.32.